The number of imidazole rings is 1. The average Bonchev–Trinajstić information content (AvgIpc) is 2.78. The van der Waals surface area contributed by atoms with Gasteiger partial charge in [-0.3, -0.25) is 4.40 Å². The number of carboxylic acid groups (broad SMARTS) is 1. The molecule has 0 aliphatic carbocycles. The highest BCUT2D eigenvalue weighted by atomic mass is 16.4. The summed E-state index contributed by atoms with van der Waals surface area (Å²) in [5, 5.41) is 8.92. The van der Waals surface area contributed by atoms with Gasteiger partial charge in [0.1, 0.15) is 0 Å². The number of aromatic carboxylic acids is 1. The Morgan fingerprint density at radius 1 is 1.44 bits per heavy atom. The molecule has 2 aromatic heterocycles. The second-order valence-corrected chi connectivity index (χ2v) is 4.41. The van der Waals surface area contributed by atoms with E-state index in [1.54, 1.807) is 10.6 Å². The third kappa shape index (κ3) is 2.34. The Morgan fingerprint density at radius 2 is 2.22 bits per heavy atom. The largest absolute Gasteiger partial charge is 0.478 e. The van der Waals surface area contributed by atoms with Crippen LogP contribution in [0.2, 0.25) is 0 Å². The first-order valence-electron chi connectivity index (χ1n) is 6.23. The van der Waals surface area contributed by atoms with E-state index in [1.165, 1.54) is 6.20 Å². The van der Waals surface area contributed by atoms with Crippen molar-refractivity contribution < 1.29 is 9.90 Å². The number of fused-ring (bicyclic) bond motifs is 1. The lowest BCUT2D eigenvalue weighted by molar-refractivity contribution is 0.0696. The smallest absolute Gasteiger partial charge is 0.338 e. The summed E-state index contributed by atoms with van der Waals surface area (Å²) in [6, 6.07) is 0. The van der Waals surface area contributed by atoms with E-state index in [4.69, 9.17) is 5.11 Å². The Labute approximate surface area is 105 Å². The summed E-state index contributed by atoms with van der Waals surface area (Å²) in [6.07, 6.45) is 8.02. The molecule has 1 atom stereocenters. The minimum absolute atomic E-state index is 0.176. The summed E-state index contributed by atoms with van der Waals surface area (Å²) in [6.45, 7) is 4.29. The molecule has 0 aliphatic heterocycles. The summed E-state index contributed by atoms with van der Waals surface area (Å²) in [5.74, 6) is 0.00906. The van der Waals surface area contributed by atoms with Gasteiger partial charge in [0.2, 0.25) is 5.78 Å². The van der Waals surface area contributed by atoms with E-state index in [2.05, 4.69) is 23.8 Å². The molecule has 0 saturated heterocycles. The van der Waals surface area contributed by atoms with Gasteiger partial charge in [0.25, 0.3) is 0 Å². The molecular formula is C13H17N3O2. The second-order valence-electron chi connectivity index (χ2n) is 4.41. The maximum atomic E-state index is 10.9. The monoisotopic (exact) mass is 247 g/mol. The number of carboxylic acids is 1. The normalized spacial score (nSPS) is 12.8. The van der Waals surface area contributed by atoms with Crippen LogP contribution in [0.1, 0.15) is 55.1 Å². The minimum atomic E-state index is -0.972. The molecule has 0 aromatic carbocycles. The maximum Gasteiger partial charge on any atom is 0.338 e. The average molecular weight is 247 g/mol. The van der Waals surface area contributed by atoms with Crippen molar-refractivity contribution in [1.82, 2.24) is 14.4 Å². The van der Waals surface area contributed by atoms with Gasteiger partial charge >= 0.3 is 5.97 Å². The molecule has 0 amide bonds. The molecule has 2 aromatic rings. The standard InChI is InChI=1S/C13H17N3O2/c1-3-5-9(4-2)11-8-16-7-10(12(17)18)6-14-13(16)15-11/h6-9H,3-5H2,1-2H3,(H,17,18). The predicted octanol–water partition coefficient (Wildman–Crippen LogP) is 2.72. The van der Waals surface area contributed by atoms with Gasteiger partial charge in [-0.15, -0.1) is 0 Å². The van der Waals surface area contributed by atoms with Gasteiger partial charge in [-0.05, 0) is 12.8 Å². The van der Waals surface area contributed by atoms with Crippen molar-refractivity contribution in [3.8, 4) is 0 Å². The highest BCUT2D eigenvalue weighted by Crippen LogP contribution is 2.23. The summed E-state index contributed by atoms with van der Waals surface area (Å²) in [4.78, 5) is 19.4. The van der Waals surface area contributed by atoms with Crippen LogP contribution in [0.5, 0.6) is 0 Å². The molecule has 0 radical (unpaired) electrons. The Balaban J connectivity index is 2.40. The van der Waals surface area contributed by atoms with Gasteiger partial charge in [-0.2, -0.15) is 0 Å². The molecule has 18 heavy (non-hydrogen) atoms. The molecule has 2 heterocycles. The molecule has 0 saturated carbocycles. The van der Waals surface area contributed by atoms with E-state index < -0.39 is 5.97 Å². The molecule has 0 spiro atoms. The summed E-state index contributed by atoms with van der Waals surface area (Å²) < 4.78 is 1.69. The highest BCUT2D eigenvalue weighted by molar-refractivity contribution is 5.86. The Kier molecular flexibility index (Phi) is 3.60. The fourth-order valence-corrected chi connectivity index (χ4v) is 2.12. The molecule has 1 unspecified atom stereocenters. The molecule has 5 nitrogen and oxygen atoms in total. The number of hydrogen-bond donors (Lipinski definition) is 1. The fraction of sp³-hybridized carbons (Fsp3) is 0.462. The van der Waals surface area contributed by atoms with Crippen LogP contribution in [0.25, 0.3) is 5.78 Å². The van der Waals surface area contributed by atoms with Gasteiger partial charge in [0.15, 0.2) is 0 Å². The Hall–Kier alpha value is -1.91. The van der Waals surface area contributed by atoms with Crippen LogP contribution in [-0.2, 0) is 0 Å². The zero-order chi connectivity index (χ0) is 13.1. The van der Waals surface area contributed by atoms with Gasteiger partial charge in [0, 0.05) is 24.5 Å². The van der Waals surface area contributed by atoms with E-state index in [0.29, 0.717) is 11.7 Å². The molecule has 1 N–H and O–H groups in total. The van der Waals surface area contributed by atoms with E-state index in [9.17, 15) is 4.79 Å². The Bertz CT molecular complexity index is 562. The van der Waals surface area contributed by atoms with Crippen molar-refractivity contribution in [2.24, 2.45) is 0 Å². The molecule has 2 rings (SSSR count). The first-order chi connectivity index (χ1) is 8.65. The number of nitrogens with zero attached hydrogens (tertiary/aromatic N) is 3. The SMILES string of the molecule is CCCC(CC)c1cn2cc(C(=O)O)cnc2n1. The topological polar surface area (TPSA) is 67.5 Å². The lowest BCUT2D eigenvalue weighted by Crippen LogP contribution is -1.99. The lowest BCUT2D eigenvalue weighted by Gasteiger charge is -2.09. The summed E-state index contributed by atoms with van der Waals surface area (Å²) in [7, 11) is 0. The number of aromatic nitrogens is 3. The number of hydrogen-bond acceptors (Lipinski definition) is 3. The van der Waals surface area contributed by atoms with Crippen LogP contribution in [0.4, 0.5) is 0 Å². The highest BCUT2D eigenvalue weighted by Gasteiger charge is 2.14. The lowest BCUT2D eigenvalue weighted by atomic mass is 9.98. The van der Waals surface area contributed by atoms with Crippen LogP contribution in [0, 0.1) is 0 Å². The van der Waals surface area contributed by atoms with Crippen LogP contribution in [0.3, 0.4) is 0 Å². The minimum Gasteiger partial charge on any atom is -0.478 e. The maximum absolute atomic E-state index is 10.9. The number of rotatable bonds is 5. The van der Waals surface area contributed by atoms with E-state index >= 15 is 0 Å². The summed E-state index contributed by atoms with van der Waals surface area (Å²) >= 11 is 0. The first kappa shape index (κ1) is 12.5. The van der Waals surface area contributed by atoms with E-state index in [1.807, 2.05) is 6.20 Å². The number of carbonyl (C=O) groups is 1. The van der Waals surface area contributed by atoms with Gasteiger partial charge in [-0.25, -0.2) is 14.8 Å². The van der Waals surface area contributed by atoms with Gasteiger partial charge in [-0.1, -0.05) is 20.3 Å². The van der Waals surface area contributed by atoms with Crippen molar-refractivity contribution in [1.29, 1.82) is 0 Å². The molecule has 0 aliphatic rings. The van der Waals surface area contributed by atoms with Crippen molar-refractivity contribution in [2.75, 3.05) is 0 Å². The predicted molar refractivity (Wildman–Crippen MR) is 67.9 cm³/mol. The van der Waals surface area contributed by atoms with Crippen LogP contribution in [-0.4, -0.2) is 25.4 Å². The molecular weight excluding hydrogens is 230 g/mol. The fourth-order valence-electron chi connectivity index (χ4n) is 2.12. The summed E-state index contributed by atoms with van der Waals surface area (Å²) in [5.41, 5.74) is 1.17. The zero-order valence-corrected chi connectivity index (χ0v) is 10.6. The van der Waals surface area contributed by atoms with Crippen molar-refractivity contribution in [3.05, 3.63) is 29.8 Å². The van der Waals surface area contributed by atoms with Crippen LogP contribution in [0.15, 0.2) is 18.6 Å². The third-order valence-electron chi connectivity index (χ3n) is 3.12. The van der Waals surface area contributed by atoms with E-state index in [0.717, 1.165) is 25.0 Å². The van der Waals surface area contributed by atoms with Crippen molar-refractivity contribution >= 4 is 11.7 Å². The van der Waals surface area contributed by atoms with Crippen molar-refractivity contribution in [2.45, 2.75) is 39.0 Å². The quantitative estimate of drug-likeness (QED) is 0.882. The van der Waals surface area contributed by atoms with Crippen LogP contribution < -0.4 is 0 Å². The molecule has 0 fully saturated rings. The molecule has 5 heteroatoms. The molecule has 0 bridgehead atoms. The Morgan fingerprint density at radius 3 is 2.83 bits per heavy atom. The first-order valence-corrected chi connectivity index (χ1v) is 6.23. The van der Waals surface area contributed by atoms with Gasteiger partial charge in [0.05, 0.1) is 11.3 Å². The molecule has 96 valence electrons. The zero-order valence-electron chi connectivity index (χ0n) is 10.6. The van der Waals surface area contributed by atoms with Crippen LogP contribution >= 0.6 is 0 Å². The third-order valence-corrected chi connectivity index (χ3v) is 3.12. The second kappa shape index (κ2) is 5.16. The van der Waals surface area contributed by atoms with Gasteiger partial charge < -0.3 is 5.11 Å². The van der Waals surface area contributed by atoms with Crippen molar-refractivity contribution in [3.63, 3.8) is 0 Å². The van der Waals surface area contributed by atoms with E-state index in [-0.39, 0.29) is 5.56 Å².